The van der Waals surface area contributed by atoms with E-state index < -0.39 is 97.5 Å². The molecule has 98 heavy (non-hydrogen) atoms. The van der Waals surface area contributed by atoms with Gasteiger partial charge in [0, 0.05) is 25.7 Å². The second kappa shape index (κ2) is 70.2. The molecule has 0 rings (SSSR count). The molecule has 0 aliphatic rings. The maximum Gasteiger partial charge on any atom is 0.472 e. The molecule has 0 aliphatic carbocycles. The molecule has 0 aromatic heterocycles. The Labute approximate surface area is 599 Å². The summed E-state index contributed by atoms with van der Waals surface area (Å²) in [7, 11) is -9.93. The number of aliphatic hydroxyl groups excluding tert-OH is 1. The number of carbonyl (C=O) groups excluding carboxylic acids is 4. The molecule has 19 heteroatoms. The van der Waals surface area contributed by atoms with Crippen LogP contribution in [0.4, 0.5) is 0 Å². The highest BCUT2D eigenvalue weighted by molar-refractivity contribution is 7.47. The topological polar surface area (TPSA) is 237 Å². The first-order valence-electron chi connectivity index (χ1n) is 40.3. The zero-order valence-electron chi connectivity index (χ0n) is 63.6. The number of carbonyl (C=O) groups is 4. The first kappa shape index (κ1) is 95.5. The van der Waals surface area contributed by atoms with Crippen molar-refractivity contribution in [2.75, 3.05) is 39.6 Å². The maximum absolute atomic E-state index is 13.1. The van der Waals surface area contributed by atoms with Gasteiger partial charge in [-0.1, -0.05) is 336 Å². The summed E-state index contributed by atoms with van der Waals surface area (Å²) in [5, 5.41) is 10.6. The predicted octanol–water partition coefficient (Wildman–Crippen LogP) is 23.1. The summed E-state index contributed by atoms with van der Waals surface area (Å²) in [5.41, 5.74) is 0. The number of allylic oxidation sites excluding steroid dienone is 4. The van der Waals surface area contributed by atoms with Crippen molar-refractivity contribution < 1.29 is 80.2 Å². The highest BCUT2D eigenvalue weighted by Gasteiger charge is 2.30. The average Bonchev–Trinajstić information content (AvgIpc) is 1.04. The predicted molar refractivity (Wildman–Crippen MR) is 400 cm³/mol. The van der Waals surface area contributed by atoms with E-state index in [1.54, 1.807) is 0 Å². The number of phosphoric ester groups is 2. The number of esters is 4. The van der Waals surface area contributed by atoms with E-state index in [9.17, 15) is 43.2 Å². The Balaban J connectivity index is 5.29. The van der Waals surface area contributed by atoms with E-state index in [-0.39, 0.29) is 25.7 Å². The third-order valence-electron chi connectivity index (χ3n) is 17.8. The largest absolute Gasteiger partial charge is 0.472 e. The molecule has 5 atom stereocenters. The Hall–Kier alpha value is -2.46. The molecule has 0 aromatic rings. The van der Waals surface area contributed by atoms with Crippen LogP contribution in [0.3, 0.4) is 0 Å². The lowest BCUT2D eigenvalue weighted by Gasteiger charge is -2.21. The quantitative estimate of drug-likeness (QED) is 0.0169. The maximum atomic E-state index is 13.1. The molecule has 0 aromatic carbocycles. The number of unbranched alkanes of at least 4 members (excludes halogenated alkanes) is 43. The van der Waals surface area contributed by atoms with E-state index in [0.29, 0.717) is 25.7 Å². The van der Waals surface area contributed by atoms with Crippen LogP contribution >= 0.6 is 15.6 Å². The monoisotopic (exact) mass is 1430 g/mol. The zero-order chi connectivity index (χ0) is 72.1. The van der Waals surface area contributed by atoms with Crippen LogP contribution in [-0.4, -0.2) is 96.7 Å². The Bertz CT molecular complexity index is 1980. The second-order valence-electron chi connectivity index (χ2n) is 28.7. The van der Waals surface area contributed by atoms with Gasteiger partial charge in [-0.3, -0.25) is 37.3 Å². The van der Waals surface area contributed by atoms with Gasteiger partial charge in [-0.2, -0.15) is 0 Å². The van der Waals surface area contributed by atoms with Gasteiger partial charge in [0.15, 0.2) is 12.2 Å². The molecule has 0 amide bonds. The molecule has 0 fully saturated rings. The molecule has 17 nitrogen and oxygen atoms in total. The zero-order valence-corrected chi connectivity index (χ0v) is 65.4. The standard InChI is InChI=1S/C79H150O17P2/c1-7-9-11-13-15-17-19-21-23-24-26-28-33-37-45-51-57-63-78(83)95-74(67-89-76(81)61-55-49-43-36-32-27-25-22-20-18-16-14-12-10-8-2)69-93-97(85,86)91-65-73(80)66-92-98(87,88)94-70-75(68-90-77(82)62-56-50-44-40-39-42-48-54-60-72(5)6)96-79(84)64-58-52-46-38-34-30-29-31-35-41-47-53-59-71(3)4/h18,20,22,25,71-75,80H,7-17,19,21,23-24,26-70H2,1-6H3,(H,85,86)(H,87,88)/b20-18-,25-22-/t73-,74-,75-/m1/s1. The Kier molecular flexibility index (Phi) is 68.5. The second-order valence-corrected chi connectivity index (χ2v) is 31.6. The van der Waals surface area contributed by atoms with E-state index >= 15 is 0 Å². The van der Waals surface area contributed by atoms with Gasteiger partial charge in [0.1, 0.15) is 19.3 Å². The summed E-state index contributed by atoms with van der Waals surface area (Å²) >= 11 is 0. The molecule has 0 heterocycles. The summed E-state index contributed by atoms with van der Waals surface area (Å²) in [6.07, 6.45) is 61.8. The highest BCUT2D eigenvalue weighted by atomic mass is 31.2. The lowest BCUT2D eigenvalue weighted by molar-refractivity contribution is -0.161. The number of aliphatic hydroxyl groups is 1. The normalized spacial score (nSPS) is 14.1. The molecule has 2 unspecified atom stereocenters. The van der Waals surface area contributed by atoms with E-state index in [1.165, 1.54) is 186 Å². The van der Waals surface area contributed by atoms with Gasteiger partial charge in [0.2, 0.25) is 0 Å². The van der Waals surface area contributed by atoms with Crippen LogP contribution in [-0.2, 0) is 65.4 Å². The molecule has 3 N–H and O–H groups in total. The van der Waals surface area contributed by atoms with Crippen molar-refractivity contribution in [3.8, 4) is 0 Å². The van der Waals surface area contributed by atoms with Gasteiger partial charge in [0.05, 0.1) is 26.4 Å². The van der Waals surface area contributed by atoms with Crippen molar-refractivity contribution in [3.05, 3.63) is 24.3 Å². The summed E-state index contributed by atoms with van der Waals surface area (Å²) in [6.45, 7) is 9.53. The van der Waals surface area contributed by atoms with Crippen LogP contribution < -0.4 is 0 Å². The first-order valence-corrected chi connectivity index (χ1v) is 43.3. The van der Waals surface area contributed by atoms with Crippen molar-refractivity contribution in [2.24, 2.45) is 11.8 Å². The molecular formula is C79H150O17P2. The minimum absolute atomic E-state index is 0.101. The molecule has 0 aliphatic heterocycles. The Morgan fingerprint density at radius 3 is 0.837 bits per heavy atom. The van der Waals surface area contributed by atoms with Crippen LogP contribution in [0, 0.1) is 11.8 Å². The molecule has 0 saturated carbocycles. The summed E-state index contributed by atoms with van der Waals surface area (Å²) in [5.74, 6) is -0.642. The van der Waals surface area contributed by atoms with Gasteiger partial charge in [0.25, 0.3) is 0 Å². The van der Waals surface area contributed by atoms with Gasteiger partial charge >= 0.3 is 39.5 Å². The number of ether oxygens (including phenoxy) is 4. The smallest absolute Gasteiger partial charge is 0.462 e. The third kappa shape index (κ3) is 71.9. The molecule has 0 spiro atoms. The summed E-state index contributed by atoms with van der Waals surface area (Å²) in [4.78, 5) is 72.9. The van der Waals surface area contributed by atoms with E-state index in [2.05, 4.69) is 65.8 Å². The molecule has 578 valence electrons. The van der Waals surface area contributed by atoms with Crippen molar-refractivity contribution in [1.82, 2.24) is 0 Å². The van der Waals surface area contributed by atoms with Crippen LogP contribution in [0.2, 0.25) is 0 Å². The van der Waals surface area contributed by atoms with Crippen molar-refractivity contribution in [2.45, 2.75) is 407 Å². The summed E-state index contributed by atoms with van der Waals surface area (Å²) < 4.78 is 68.6. The van der Waals surface area contributed by atoms with Crippen LogP contribution in [0.5, 0.6) is 0 Å². The lowest BCUT2D eigenvalue weighted by atomic mass is 10.0. The lowest BCUT2D eigenvalue weighted by Crippen LogP contribution is -2.30. The fraction of sp³-hybridized carbons (Fsp3) is 0.899. The molecular weight excluding hydrogens is 1280 g/mol. The van der Waals surface area contributed by atoms with Crippen molar-refractivity contribution in [3.63, 3.8) is 0 Å². The third-order valence-corrected chi connectivity index (χ3v) is 19.7. The fourth-order valence-electron chi connectivity index (χ4n) is 11.6. The molecule has 0 radical (unpaired) electrons. The average molecular weight is 1430 g/mol. The highest BCUT2D eigenvalue weighted by Crippen LogP contribution is 2.45. The van der Waals surface area contributed by atoms with Gasteiger partial charge in [-0.25, -0.2) is 9.13 Å². The Morgan fingerprint density at radius 1 is 0.316 bits per heavy atom. The van der Waals surface area contributed by atoms with Gasteiger partial charge < -0.3 is 33.8 Å². The van der Waals surface area contributed by atoms with Crippen LogP contribution in [0.25, 0.3) is 0 Å². The molecule has 0 saturated heterocycles. The van der Waals surface area contributed by atoms with Crippen LogP contribution in [0.1, 0.15) is 388 Å². The number of hydrogen-bond donors (Lipinski definition) is 3. The van der Waals surface area contributed by atoms with Crippen LogP contribution in [0.15, 0.2) is 24.3 Å². The van der Waals surface area contributed by atoms with E-state index in [1.807, 2.05) is 0 Å². The summed E-state index contributed by atoms with van der Waals surface area (Å²) in [6, 6.07) is 0. The Morgan fingerprint density at radius 2 is 0.551 bits per heavy atom. The minimum Gasteiger partial charge on any atom is -0.462 e. The van der Waals surface area contributed by atoms with Gasteiger partial charge in [-0.05, 0) is 63.2 Å². The minimum atomic E-state index is -4.97. The van der Waals surface area contributed by atoms with E-state index in [0.717, 1.165) is 121 Å². The first-order chi connectivity index (χ1) is 47.4. The fourth-order valence-corrected chi connectivity index (χ4v) is 13.2. The van der Waals surface area contributed by atoms with E-state index in [4.69, 9.17) is 37.0 Å². The van der Waals surface area contributed by atoms with Crippen molar-refractivity contribution in [1.29, 1.82) is 0 Å². The SMILES string of the molecule is CCCCCC/C=C\C=C/CCCCCCCC(=O)OC[C@H](COP(=O)(O)OC[C@@H](O)COP(=O)(O)OC[C@@H](COC(=O)CCCCCCCCCCC(C)C)OC(=O)CCCCCCCCCCCCCCC(C)C)OC(=O)CCCCCCCCCCCCCCCCCCC. The van der Waals surface area contributed by atoms with Gasteiger partial charge in [-0.15, -0.1) is 0 Å². The number of phosphoric acid groups is 2. The number of hydrogen-bond acceptors (Lipinski definition) is 15. The number of rotatable bonds is 76. The van der Waals surface area contributed by atoms with Crippen molar-refractivity contribution >= 4 is 39.5 Å². The molecule has 0 bridgehead atoms.